The van der Waals surface area contributed by atoms with Gasteiger partial charge in [-0.1, -0.05) is 42.5 Å². The Morgan fingerprint density at radius 1 is 1.12 bits per heavy atom. The Hall–Kier alpha value is -3.06. The summed E-state index contributed by atoms with van der Waals surface area (Å²) < 4.78 is 10.7. The predicted molar refractivity (Wildman–Crippen MR) is 132 cm³/mol. The van der Waals surface area contributed by atoms with E-state index in [1.807, 2.05) is 69.4 Å². The van der Waals surface area contributed by atoms with E-state index in [1.165, 1.54) is 5.56 Å². The Morgan fingerprint density at radius 3 is 2.53 bits per heavy atom. The number of carbonyl (C=O) groups is 1. The van der Waals surface area contributed by atoms with Crippen LogP contribution in [0, 0.1) is 0 Å². The highest BCUT2D eigenvalue weighted by molar-refractivity contribution is 7.80. The number of hydrogen-bond acceptors (Lipinski definition) is 4. The number of aromatic nitrogens is 1. The van der Waals surface area contributed by atoms with Crippen molar-refractivity contribution in [2.24, 2.45) is 0 Å². The molecule has 0 spiro atoms. The Labute approximate surface area is 194 Å². The van der Waals surface area contributed by atoms with Crippen LogP contribution < -0.4 is 15.4 Å². The first-order valence-corrected chi connectivity index (χ1v) is 11.1. The third-order valence-corrected chi connectivity index (χ3v) is 5.41. The number of thiocarbonyl (C=S) groups is 1. The number of nitrogens with one attached hydrogen (secondary N) is 3. The highest BCUT2D eigenvalue weighted by atomic mass is 32.1. The summed E-state index contributed by atoms with van der Waals surface area (Å²) in [5.74, 6) is 0.831. The maximum atomic E-state index is 12.5. The summed E-state index contributed by atoms with van der Waals surface area (Å²) in [6, 6.07) is 15.6. The van der Waals surface area contributed by atoms with Gasteiger partial charge in [-0.15, -0.1) is 0 Å². The normalized spacial score (nSPS) is 12.2. The molecular formula is C25H31N3O3S. The first kappa shape index (κ1) is 23.6. The summed E-state index contributed by atoms with van der Waals surface area (Å²) in [5.41, 5.74) is 2.73. The maximum Gasteiger partial charge on any atom is 0.408 e. The summed E-state index contributed by atoms with van der Waals surface area (Å²) in [7, 11) is 1.65. The smallest absolute Gasteiger partial charge is 0.408 e. The Balaban J connectivity index is 1.67. The monoisotopic (exact) mass is 453 g/mol. The third kappa shape index (κ3) is 6.72. The average molecular weight is 454 g/mol. The predicted octanol–water partition coefficient (Wildman–Crippen LogP) is 4.77. The first-order valence-electron chi connectivity index (χ1n) is 10.7. The van der Waals surface area contributed by atoms with Crippen molar-refractivity contribution in [3.63, 3.8) is 0 Å². The van der Waals surface area contributed by atoms with Gasteiger partial charge in [0.2, 0.25) is 0 Å². The number of amides is 1. The van der Waals surface area contributed by atoms with Crippen LogP contribution in [0.25, 0.3) is 10.9 Å². The minimum atomic E-state index is -0.584. The molecule has 7 heteroatoms. The van der Waals surface area contributed by atoms with E-state index in [1.54, 1.807) is 7.11 Å². The van der Waals surface area contributed by atoms with Crippen LogP contribution in [0.1, 0.15) is 31.9 Å². The van der Waals surface area contributed by atoms with Crippen molar-refractivity contribution in [1.82, 2.24) is 15.6 Å². The Bertz CT molecular complexity index is 1050. The second kappa shape index (κ2) is 10.5. The number of H-pyrrole nitrogens is 1. The van der Waals surface area contributed by atoms with Crippen LogP contribution in [-0.2, 0) is 17.6 Å². The number of alkyl carbamates (subject to hydrolysis) is 1. The molecule has 0 aliphatic carbocycles. The molecule has 1 atom stereocenters. The summed E-state index contributed by atoms with van der Waals surface area (Å²) in [5, 5.41) is 7.37. The maximum absolute atomic E-state index is 12.5. The van der Waals surface area contributed by atoms with Gasteiger partial charge >= 0.3 is 6.09 Å². The fourth-order valence-corrected chi connectivity index (χ4v) is 3.67. The van der Waals surface area contributed by atoms with Gasteiger partial charge in [-0.3, -0.25) is 0 Å². The minimum absolute atomic E-state index is 0.394. The lowest BCUT2D eigenvalue weighted by Crippen LogP contribution is -2.48. The molecule has 0 bridgehead atoms. The third-order valence-electron chi connectivity index (χ3n) is 4.98. The highest BCUT2D eigenvalue weighted by Crippen LogP contribution is 2.20. The SMILES string of the molecule is COc1ccc(CCNC(=S)[C@@H](Cc2c[nH]c3ccccc23)NC(=O)OC(C)(C)C)cc1. The van der Waals surface area contributed by atoms with Crippen molar-refractivity contribution in [2.75, 3.05) is 13.7 Å². The number of rotatable bonds is 8. The van der Waals surface area contributed by atoms with E-state index in [9.17, 15) is 4.79 Å². The lowest BCUT2D eigenvalue weighted by molar-refractivity contribution is 0.0518. The van der Waals surface area contributed by atoms with Crippen LogP contribution in [0.2, 0.25) is 0 Å². The van der Waals surface area contributed by atoms with Gasteiger partial charge in [-0.25, -0.2) is 4.79 Å². The number of methoxy groups -OCH3 is 1. The van der Waals surface area contributed by atoms with E-state index in [-0.39, 0.29) is 0 Å². The molecule has 1 aromatic heterocycles. The zero-order valence-corrected chi connectivity index (χ0v) is 19.8. The summed E-state index contributed by atoms with van der Waals surface area (Å²) >= 11 is 5.67. The first-order chi connectivity index (χ1) is 15.2. The van der Waals surface area contributed by atoms with Gasteiger partial charge in [0.1, 0.15) is 11.4 Å². The van der Waals surface area contributed by atoms with E-state index < -0.39 is 17.7 Å². The fourth-order valence-electron chi connectivity index (χ4n) is 3.42. The number of hydrogen-bond donors (Lipinski definition) is 3. The second-order valence-corrected chi connectivity index (χ2v) is 9.09. The molecule has 0 aliphatic heterocycles. The summed E-state index contributed by atoms with van der Waals surface area (Å²) in [4.78, 5) is 16.3. The summed E-state index contributed by atoms with van der Waals surface area (Å²) in [6.07, 6.45) is 2.84. The molecule has 0 radical (unpaired) electrons. The van der Waals surface area contributed by atoms with Crippen molar-refractivity contribution in [2.45, 2.75) is 45.3 Å². The van der Waals surface area contributed by atoms with Crippen molar-refractivity contribution < 1.29 is 14.3 Å². The molecule has 32 heavy (non-hydrogen) atoms. The van der Waals surface area contributed by atoms with Crippen LogP contribution in [-0.4, -0.2) is 41.4 Å². The molecule has 2 aromatic carbocycles. The van der Waals surface area contributed by atoms with Crippen LogP contribution in [0.4, 0.5) is 4.79 Å². The van der Waals surface area contributed by atoms with Gasteiger partial charge in [0.05, 0.1) is 18.1 Å². The zero-order chi connectivity index (χ0) is 23.1. The molecule has 0 fully saturated rings. The van der Waals surface area contributed by atoms with Gasteiger partial charge in [0.15, 0.2) is 0 Å². The zero-order valence-electron chi connectivity index (χ0n) is 19.0. The Morgan fingerprint density at radius 2 is 1.84 bits per heavy atom. The summed E-state index contributed by atoms with van der Waals surface area (Å²) in [6.45, 7) is 6.18. The second-order valence-electron chi connectivity index (χ2n) is 8.65. The minimum Gasteiger partial charge on any atom is -0.497 e. The molecule has 6 nitrogen and oxygen atoms in total. The number of fused-ring (bicyclic) bond motifs is 1. The molecule has 170 valence electrons. The lowest BCUT2D eigenvalue weighted by Gasteiger charge is -2.24. The molecule has 1 heterocycles. The van der Waals surface area contributed by atoms with E-state index >= 15 is 0 Å². The van der Waals surface area contributed by atoms with E-state index in [0.29, 0.717) is 18.0 Å². The highest BCUT2D eigenvalue weighted by Gasteiger charge is 2.23. The van der Waals surface area contributed by atoms with E-state index in [0.717, 1.165) is 28.6 Å². The van der Waals surface area contributed by atoms with Crippen LogP contribution >= 0.6 is 12.2 Å². The van der Waals surface area contributed by atoms with Crippen LogP contribution in [0.3, 0.4) is 0 Å². The number of benzene rings is 2. The molecule has 3 rings (SSSR count). The molecule has 0 saturated carbocycles. The number of aromatic amines is 1. The molecule has 3 aromatic rings. The number of para-hydroxylation sites is 1. The van der Waals surface area contributed by atoms with Gasteiger partial charge in [0, 0.05) is 30.1 Å². The molecule has 0 saturated heterocycles. The van der Waals surface area contributed by atoms with Gasteiger partial charge in [-0.2, -0.15) is 0 Å². The molecular weight excluding hydrogens is 422 g/mol. The lowest BCUT2D eigenvalue weighted by atomic mass is 10.0. The number of ether oxygens (including phenoxy) is 2. The van der Waals surface area contributed by atoms with E-state index in [4.69, 9.17) is 21.7 Å². The van der Waals surface area contributed by atoms with Crippen molar-refractivity contribution in [3.8, 4) is 5.75 Å². The largest absolute Gasteiger partial charge is 0.497 e. The van der Waals surface area contributed by atoms with Crippen molar-refractivity contribution in [1.29, 1.82) is 0 Å². The topological polar surface area (TPSA) is 75.4 Å². The van der Waals surface area contributed by atoms with Gasteiger partial charge < -0.3 is 25.1 Å². The van der Waals surface area contributed by atoms with Crippen molar-refractivity contribution >= 4 is 34.2 Å². The number of carbonyl (C=O) groups excluding carboxylic acids is 1. The van der Waals surface area contributed by atoms with Crippen LogP contribution in [0.15, 0.2) is 54.7 Å². The molecule has 0 unspecified atom stereocenters. The molecule has 1 amide bonds. The fraction of sp³-hybridized carbons (Fsp3) is 0.360. The Kier molecular flexibility index (Phi) is 7.75. The standard InChI is InChI=1S/C25H31N3O3S/c1-25(2,3)31-24(29)28-22(15-18-16-27-21-8-6-5-7-20(18)21)23(32)26-14-13-17-9-11-19(30-4)12-10-17/h5-12,16,22,27H,13-15H2,1-4H3,(H,26,32)(H,28,29)/t22-/m1/s1. The van der Waals surface area contributed by atoms with Crippen molar-refractivity contribution in [3.05, 3.63) is 65.9 Å². The quantitative estimate of drug-likeness (QED) is 0.428. The van der Waals surface area contributed by atoms with Gasteiger partial charge in [0.25, 0.3) is 0 Å². The average Bonchev–Trinajstić information content (AvgIpc) is 3.15. The molecule has 3 N–H and O–H groups in total. The van der Waals surface area contributed by atoms with Gasteiger partial charge in [-0.05, 0) is 56.5 Å². The molecule has 0 aliphatic rings. The van der Waals surface area contributed by atoms with Crippen LogP contribution in [0.5, 0.6) is 5.75 Å². The van der Waals surface area contributed by atoms with E-state index in [2.05, 4.69) is 21.7 Å².